The number of carbonyl (C=O) groups is 2. The molecule has 28 heavy (non-hydrogen) atoms. The van der Waals surface area contributed by atoms with E-state index in [1.807, 2.05) is 12.1 Å². The minimum absolute atomic E-state index is 0.0770. The number of nitrogens with one attached hydrogen (secondary N) is 2. The largest absolute Gasteiger partial charge is 0.497 e. The van der Waals surface area contributed by atoms with Gasteiger partial charge in [-0.25, -0.2) is 0 Å². The molecule has 1 aliphatic rings. The molecule has 0 aromatic heterocycles. The van der Waals surface area contributed by atoms with Gasteiger partial charge in [-0.05, 0) is 36.8 Å². The van der Waals surface area contributed by atoms with E-state index in [2.05, 4.69) is 10.6 Å². The summed E-state index contributed by atoms with van der Waals surface area (Å²) < 4.78 is 15.5. The Morgan fingerprint density at radius 2 is 1.82 bits per heavy atom. The van der Waals surface area contributed by atoms with Crippen molar-refractivity contribution in [2.45, 2.75) is 18.9 Å². The molecule has 0 fully saturated rings. The van der Waals surface area contributed by atoms with Gasteiger partial charge in [0.05, 0.1) is 12.7 Å². The highest BCUT2D eigenvalue weighted by molar-refractivity contribution is 6.39. The molecule has 2 amide bonds. The number of benzene rings is 2. The van der Waals surface area contributed by atoms with Crippen molar-refractivity contribution < 1.29 is 28.9 Å². The average molecular weight is 386 g/mol. The molecule has 0 radical (unpaired) electrons. The minimum atomic E-state index is -1.22. The Hall–Kier alpha value is -3.26. The normalized spacial score (nSPS) is 14.1. The molecular weight excluding hydrogens is 364 g/mol. The van der Waals surface area contributed by atoms with Gasteiger partial charge < -0.3 is 30.0 Å². The molecule has 1 atom stereocenters. The molecule has 0 unspecified atom stereocenters. The molecule has 1 heterocycles. The quantitative estimate of drug-likeness (QED) is 0.650. The van der Waals surface area contributed by atoms with E-state index in [9.17, 15) is 14.7 Å². The number of aliphatic hydroxyl groups is 1. The lowest BCUT2D eigenvalue weighted by Crippen LogP contribution is -2.45. The van der Waals surface area contributed by atoms with Gasteiger partial charge in [0.15, 0.2) is 11.5 Å². The summed E-state index contributed by atoms with van der Waals surface area (Å²) in [5.41, 5.74) is 0.0720. The van der Waals surface area contributed by atoms with Gasteiger partial charge in [-0.2, -0.15) is 0 Å². The second-order valence-corrected chi connectivity index (χ2v) is 6.73. The third-order valence-corrected chi connectivity index (χ3v) is 4.21. The van der Waals surface area contributed by atoms with Crippen LogP contribution in [0.3, 0.4) is 0 Å². The van der Waals surface area contributed by atoms with Crippen LogP contribution in [0.5, 0.6) is 17.2 Å². The monoisotopic (exact) mass is 386 g/mol. The number of ether oxygens (including phenoxy) is 3. The van der Waals surface area contributed by atoms with Crippen molar-refractivity contribution in [3.8, 4) is 17.2 Å². The predicted molar refractivity (Wildman–Crippen MR) is 102 cm³/mol. The Balaban J connectivity index is 1.51. The standard InChI is InChI=1S/C20H22N2O6/c1-20(25,10-13-3-6-15(26-2)7-4-13)11-21-18(23)19(24)22-14-5-8-16-17(9-14)28-12-27-16/h3-9,25H,10-12H2,1-2H3,(H,21,23)(H,22,24)/t20-/m1/s1. The molecule has 1 aliphatic heterocycles. The van der Waals surface area contributed by atoms with Crippen LogP contribution in [-0.4, -0.2) is 43.0 Å². The van der Waals surface area contributed by atoms with Gasteiger partial charge in [0.1, 0.15) is 5.75 Å². The molecule has 2 aromatic rings. The molecule has 0 bridgehead atoms. The summed E-state index contributed by atoms with van der Waals surface area (Å²) in [7, 11) is 1.58. The smallest absolute Gasteiger partial charge is 0.313 e. The fourth-order valence-electron chi connectivity index (χ4n) is 2.76. The van der Waals surface area contributed by atoms with E-state index < -0.39 is 17.4 Å². The first-order valence-electron chi connectivity index (χ1n) is 8.70. The lowest BCUT2D eigenvalue weighted by atomic mass is 9.96. The highest BCUT2D eigenvalue weighted by Gasteiger charge is 2.24. The lowest BCUT2D eigenvalue weighted by Gasteiger charge is -2.23. The van der Waals surface area contributed by atoms with Crippen LogP contribution in [0.25, 0.3) is 0 Å². The summed E-state index contributed by atoms with van der Waals surface area (Å²) >= 11 is 0. The van der Waals surface area contributed by atoms with E-state index in [0.29, 0.717) is 23.6 Å². The zero-order chi connectivity index (χ0) is 20.1. The maximum absolute atomic E-state index is 12.1. The summed E-state index contributed by atoms with van der Waals surface area (Å²) in [6.45, 7) is 1.64. The van der Waals surface area contributed by atoms with E-state index in [1.165, 1.54) is 0 Å². The zero-order valence-electron chi connectivity index (χ0n) is 15.7. The number of methoxy groups -OCH3 is 1. The molecule has 0 aliphatic carbocycles. The second kappa shape index (κ2) is 8.18. The van der Waals surface area contributed by atoms with E-state index in [1.54, 1.807) is 44.4 Å². The fourth-order valence-corrected chi connectivity index (χ4v) is 2.76. The molecule has 8 nitrogen and oxygen atoms in total. The van der Waals surface area contributed by atoms with Gasteiger partial charge in [-0.1, -0.05) is 12.1 Å². The van der Waals surface area contributed by atoms with Gasteiger partial charge >= 0.3 is 11.8 Å². The molecule has 8 heteroatoms. The van der Waals surface area contributed by atoms with Crippen molar-refractivity contribution >= 4 is 17.5 Å². The van der Waals surface area contributed by atoms with Gasteiger partial charge in [-0.3, -0.25) is 9.59 Å². The summed E-state index contributed by atoms with van der Waals surface area (Å²) in [4.78, 5) is 24.1. The maximum atomic E-state index is 12.1. The topological polar surface area (TPSA) is 106 Å². The predicted octanol–water partition coefficient (Wildman–Crippen LogP) is 1.47. The SMILES string of the molecule is COc1ccc(C[C@@](C)(O)CNC(=O)C(=O)Nc2ccc3c(c2)OCO3)cc1. The van der Waals surface area contributed by atoms with E-state index in [0.717, 1.165) is 11.3 Å². The van der Waals surface area contributed by atoms with Crippen LogP contribution >= 0.6 is 0 Å². The Morgan fingerprint density at radius 3 is 2.54 bits per heavy atom. The zero-order valence-corrected chi connectivity index (χ0v) is 15.7. The number of rotatable bonds is 6. The number of hydrogen-bond acceptors (Lipinski definition) is 6. The average Bonchev–Trinajstić information content (AvgIpc) is 3.14. The first-order chi connectivity index (χ1) is 13.4. The van der Waals surface area contributed by atoms with Gasteiger partial charge in [-0.15, -0.1) is 0 Å². The summed E-state index contributed by atoms with van der Waals surface area (Å²) in [6.07, 6.45) is 0.307. The molecule has 0 saturated carbocycles. The van der Waals surface area contributed by atoms with Crippen molar-refractivity contribution in [3.05, 3.63) is 48.0 Å². The Labute approximate surface area is 162 Å². The van der Waals surface area contributed by atoms with Crippen LogP contribution in [-0.2, 0) is 16.0 Å². The molecule has 0 spiro atoms. The van der Waals surface area contributed by atoms with Gasteiger partial charge in [0.25, 0.3) is 0 Å². The molecule has 0 saturated heterocycles. The van der Waals surface area contributed by atoms with E-state index in [4.69, 9.17) is 14.2 Å². The van der Waals surface area contributed by atoms with E-state index in [-0.39, 0.29) is 13.3 Å². The van der Waals surface area contributed by atoms with E-state index >= 15 is 0 Å². The molecule has 148 valence electrons. The second-order valence-electron chi connectivity index (χ2n) is 6.73. The van der Waals surface area contributed by atoms with Crippen LogP contribution in [0.15, 0.2) is 42.5 Å². The number of carbonyl (C=O) groups excluding carboxylic acids is 2. The van der Waals surface area contributed by atoms with Crippen LogP contribution in [0.1, 0.15) is 12.5 Å². The number of fused-ring (bicyclic) bond motifs is 1. The van der Waals surface area contributed by atoms with Crippen LogP contribution < -0.4 is 24.8 Å². The highest BCUT2D eigenvalue weighted by atomic mass is 16.7. The van der Waals surface area contributed by atoms with Gasteiger partial charge in [0, 0.05) is 24.7 Å². The Kier molecular flexibility index (Phi) is 5.70. The maximum Gasteiger partial charge on any atom is 0.313 e. The summed E-state index contributed by atoms with van der Waals surface area (Å²) in [5.74, 6) is 0.126. The minimum Gasteiger partial charge on any atom is -0.497 e. The van der Waals surface area contributed by atoms with Crippen molar-refractivity contribution in [1.82, 2.24) is 5.32 Å². The lowest BCUT2D eigenvalue weighted by molar-refractivity contribution is -0.136. The third-order valence-electron chi connectivity index (χ3n) is 4.21. The summed E-state index contributed by atoms with van der Waals surface area (Å²) in [5, 5.41) is 15.5. The molecular formula is C20H22N2O6. The third kappa shape index (κ3) is 4.92. The first-order valence-corrected chi connectivity index (χ1v) is 8.70. The Bertz CT molecular complexity index is 863. The Morgan fingerprint density at radius 1 is 1.11 bits per heavy atom. The van der Waals surface area contributed by atoms with Crippen LogP contribution in [0.2, 0.25) is 0 Å². The van der Waals surface area contributed by atoms with Crippen molar-refractivity contribution in [1.29, 1.82) is 0 Å². The fraction of sp³-hybridized carbons (Fsp3) is 0.300. The van der Waals surface area contributed by atoms with Crippen molar-refractivity contribution in [2.24, 2.45) is 0 Å². The summed E-state index contributed by atoms with van der Waals surface area (Å²) in [6, 6.07) is 12.1. The van der Waals surface area contributed by atoms with Crippen molar-refractivity contribution in [2.75, 3.05) is 25.8 Å². The van der Waals surface area contributed by atoms with Gasteiger partial charge in [0.2, 0.25) is 6.79 Å². The highest BCUT2D eigenvalue weighted by Crippen LogP contribution is 2.34. The number of anilines is 1. The van der Waals surface area contributed by atoms with Crippen LogP contribution in [0.4, 0.5) is 5.69 Å². The number of amides is 2. The van der Waals surface area contributed by atoms with Crippen molar-refractivity contribution in [3.63, 3.8) is 0 Å². The first kappa shape index (κ1) is 19.5. The van der Waals surface area contributed by atoms with Crippen LogP contribution in [0, 0.1) is 0 Å². The molecule has 3 N–H and O–H groups in total. The molecule has 2 aromatic carbocycles. The number of hydrogen-bond donors (Lipinski definition) is 3. The molecule has 3 rings (SSSR count).